The summed E-state index contributed by atoms with van der Waals surface area (Å²) in [6, 6.07) is 27.4. The summed E-state index contributed by atoms with van der Waals surface area (Å²) in [5.41, 5.74) is 1.45. The Morgan fingerprint density at radius 1 is 0.895 bits per heavy atom. The minimum atomic E-state index is -0.763. The standard InChI is InChI=1S/C28H19ClF2N4OS2/c29-19-10-13-21(14-11-19)38-25-9-5-4-8-23(25)32-26(36)17-37-28-34-33-27(18-6-2-1-3-7-18)35(28)24-15-12-20(30)16-22(24)31/h1-16H,17H2,(H,32,36). The summed E-state index contributed by atoms with van der Waals surface area (Å²) in [5, 5.41) is 12.3. The smallest absolute Gasteiger partial charge is 0.234 e. The van der Waals surface area contributed by atoms with Gasteiger partial charge in [-0.05, 0) is 48.5 Å². The molecule has 0 fully saturated rings. The van der Waals surface area contributed by atoms with E-state index in [9.17, 15) is 13.6 Å². The number of halogens is 3. The number of rotatable bonds is 8. The van der Waals surface area contributed by atoms with Crippen molar-refractivity contribution in [3.05, 3.63) is 114 Å². The van der Waals surface area contributed by atoms with Crippen molar-refractivity contribution in [2.24, 2.45) is 0 Å². The predicted molar refractivity (Wildman–Crippen MR) is 148 cm³/mol. The minimum Gasteiger partial charge on any atom is -0.324 e. The van der Waals surface area contributed by atoms with Crippen LogP contribution in [0, 0.1) is 11.6 Å². The van der Waals surface area contributed by atoms with Crippen molar-refractivity contribution >= 4 is 46.7 Å². The minimum absolute atomic E-state index is 0.00428. The first kappa shape index (κ1) is 26.0. The molecule has 0 saturated carbocycles. The zero-order valence-electron chi connectivity index (χ0n) is 19.6. The van der Waals surface area contributed by atoms with Crippen LogP contribution in [0.4, 0.5) is 14.5 Å². The van der Waals surface area contributed by atoms with Crippen LogP contribution in [0.25, 0.3) is 17.1 Å². The van der Waals surface area contributed by atoms with Gasteiger partial charge in [0.2, 0.25) is 5.91 Å². The first-order chi connectivity index (χ1) is 18.5. The number of benzene rings is 4. The number of carbonyl (C=O) groups excluding carboxylic acids is 1. The summed E-state index contributed by atoms with van der Waals surface area (Å²) < 4.78 is 29.9. The Morgan fingerprint density at radius 3 is 2.39 bits per heavy atom. The molecule has 1 amide bonds. The van der Waals surface area contributed by atoms with E-state index in [-0.39, 0.29) is 17.3 Å². The molecule has 0 bridgehead atoms. The van der Waals surface area contributed by atoms with Gasteiger partial charge < -0.3 is 5.32 Å². The maximum Gasteiger partial charge on any atom is 0.234 e. The van der Waals surface area contributed by atoms with Gasteiger partial charge in [-0.2, -0.15) is 0 Å². The van der Waals surface area contributed by atoms with Crippen LogP contribution in [-0.4, -0.2) is 26.4 Å². The molecule has 0 unspecified atom stereocenters. The summed E-state index contributed by atoms with van der Waals surface area (Å²) in [6.07, 6.45) is 0. The molecule has 0 atom stereocenters. The van der Waals surface area contributed by atoms with Gasteiger partial charge in [0.05, 0.1) is 17.1 Å². The Balaban J connectivity index is 1.36. The Bertz CT molecular complexity index is 1580. The summed E-state index contributed by atoms with van der Waals surface area (Å²) in [5.74, 6) is -1.35. The number of carbonyl (C=O) groups is 1. The van der Waals surface area contributed by atoms with E-state index in [0.717, 1.165) is 27.6 Å². The molecule has 0 saturated heterocycles. The molecule has 0 spiro atoms. The van der Waals surface area contributed by atoms with Crippen LogP contribution >= 0.6 is 35.1 Å². The van der Waals surface area contributed by atoms with Crippen molar-refractivity contribution in [3.8, 4) is 17.1 Å². The summed E-state index contributed by atoms with van der Waals surface area (Å²) >= 11 is 8.59. The van der Waals surface area contributed by atoms with Crippen LogP contribution in [-0.2, 0) is 4.79 Å². The molecule has 4 aromatic carbocycles. The van der Waals surface area contributed by atoms with Gasteiger partial charge in [0.15, 0.2) is 11.0 Å². The number of nitrogens with one attached hydrogen (secondary N) is 1. The lowest BCUT2D eigenvalue weighted by Crippen LogP contribution is -2.15. The molecule has 1 N–H and O–H groups in total. The molecule has 0 radical (unpaired) electrons. The fourth-order valence-electron chi connectivity index (χ4n) is 3.62. The lowest BCUT2D eigenvalue weighted by molar-refractivity contribution is -0.113. The van der Waals surface area contributed by atoms with Crippen LogP contribution in [0.5, 0.6) is 0 Å². The summed E-state index contributed by atoms with van der Waals surface area (Å²) in [4.78, 5) is 14.8. The molecular formula is C28H19ClF2N4OS2. The van der Waals surface area contributed by atoms with Crippen molar-refractivity contribution in [2.45, 2.75) is 14.9 Å². The van der Waals surface area contributed by atoms with E-state index < -0.39 is 11.6 Å². The van der Waals surface area contributed by atoms with Gasteiger partial charge in [-0.1, -0.05) is 77.6 Å². The number of anilines is 1. The second-order valence-corrected chi connectivity index (χ2v) is 10.5. The fraction of sp³-hybridized carbons (Fsp3) is 0.0357. The number of hydrogen-bond donors (Lipinski definition) is 1. The highest BCUT2D eigenvalue weighted by Gasteiger charge is 2.20. The lowest BCUT2D eigenvalue weighted by Gasteiger charge is -2.12. The molecule has 38 heavy (non-hydrogen) atoms. The van der Waals surface area contributed by atoms with Gasteiger partial charge in [-0.15, -0.1) is 10.2 Å². The zero-order valence-corrected chi connectivity index (χ0v) is 22.0. The third-order valence-corrected chi connectivity index (χ3v) is 7.62. The Morgan fingerprint density at radius 2 is 1.63 bits per heavy atom. The maximum absolute atomic E-state index is 14.8. The molecule has 10 heteroatoms. The number of aromatic nitrogens is 3. The number of thioether (sulfide) groups is 1. The molecule has 1 heterocycles. The zero-order chi connectivity index (χ0) is 26.5. The van der Waals surface area contributed by atoms with Crippen LogP contribution in [0.1, 0.15) is 0 Å². The first-order valence-corrected chi connectivity index (χ1v) is 13.6. The first-order valence-electron chi connectivity index (χ1n) is 11.4. The second kappa shape index (κ2) is 11.8. The molecule has 5 aromatic rings. The van der Waals surface area contributed by atoms with E-state index >= 15 is 0 Å². The number of hydrogen-bond acceptors (Lipinski definition) is 5. The van der Waals surface area contributed by atoms with Gasteiger partial charge in [0.25, 0.3) is 0 Å². The van der Waals surface area contributed by atoms with E-state index in [4.69, 9.17) is 11.6 Å². The van der Waals surface area contributed by atoms with Crippen LogP contribution in [0.3, 0.4) is 0 Å². The average molecular weight is 565 g/mol. The lowest BCUT2D eigenvalue weighted by atomic mass is 10.2. The summed E-state index contributed by atoms with van der Waals surface area (Å²) in [6.45, 7) is 0. The van der Waals surface area contributed by atoms with Gasteiger partial charge in [-0.25, -0.2) is 8.78 Å². The van der Waals surface area contributed by atoms with Gasteiger partial charge >= 0.3 is 0 Å². The van der Waals surface area contributed by atoms with E-state index in [1.165, 1.54) is 28.5 Å². The van der Waals surface area contributed by atoms with Crippen molar-refractivity contribution in [1.82, 2.24) is 14.8 Å². The van der Waals surface area contributed by atoms with E-state index in [0.29, 0.717) is 27.3 Å². The number of amides is 1. The van der Waals surface area contributed by atoms with Gasteiger partial charge in [-0.3, -0.25) is 9.36 Å². The van der Waals surface area contributed by atoms with Crippen molar-refractivity contribution in [2.75, 3.05) is 11.1 Å². The van der Waals surface area contributed by atoms with Crippen LogP contribution < -0.4 is 5.32 Å². The Kier molecular flexibility index (Phi) is 8.07. The molecule has 5 rings (SSSR count). The number of nitrogens with zero attached hydrogens (tertiary/aromatic N) is 3. The third-order valence-electron chi connectivity index (χ3n) is 5.35. The van der Waals surface area contributed by atoms with Crippen LogP contribution in [0.2, 0.25) is 5.02 Å². The van der Waals surface area contributed by atoms with Gasteiger partial charge in [0.1, 0.15) is 11.6 Å². The Labute approximate surface area is 231 Å². The molecule has 0 aliphatic heterocycles. The van der Waals surface area contributed by atoms with E-state index in [1.807, 2.05) is 78.9 Å². The van der Waals surface area contributed by atoms with Crippen molar-refractivity contribution in [1.29, 1.82) is 0 Å². The van der Waals surface area contributed by atoms with E-state index in [2.05, 4.69) is 15.5 Å². The monoisotopic (exact) mass is 564 g/mol. The largest absolute Gasteiger partial charge is 0.324 e. The average Bonchev–Trinajstić information content (AvgIpc) is 3.34. The highest BCUT2D eigenvalue weighted by molar-refractivity contribution is 8.00. The van der Waals surface area contributed by atoms with Crippen LogP contribution in [0.15, 0.2) is 112 Å². The molecular weight excluding hydrogens is 546 g/mol. The Hall–Kier alpha value is -3.66. The molecule has 1 aromatic heterocycles. The quantitative estimate of drug-likeness (QED) is 0.195. The van der Waals surface area contributed by atoms with E-state index in [1.54, 1.807) is 0 Å². The van der Waals surface area contributed by atoms with Crippen molar-refractivity contribution in [3.63, 3.8) is 0 Å². The number of para-hydroxylation sites is 1. The SMILES string of the molecule is O=C(CSc1nnc(-c2ccccc2)n1-c1ccc(F)cc1F)Nc1ccccc1Sc1ccc(Cl)cc1. The highest BCUT2D eigenvalue weighted by atomic mass is 35.5. The molecule has 0 aliphatic carbocycles. The normalized spacial score (nSPS) is 10.9. The van der Waals surface area contributed by atoms with Gasteiger partial charge in [0, 0.05) is 26.4 Å². The highest BCUT2D eigenvalue weighted by Crippen LogP contribution is 2.34. The molecule has 190 valence electrons. The third kappa shape index (κ3) is 6.07. The fourth-order valence-corrected chi connectivity index (χ4v) is 5.39. The summed E-state index contributed by atoms with van der Waals surface area (Å²) in [7, 11) is 0. The second-order valence-electron chi connectivity index (χ2n) is 7.99. The topological polar surface area (TPSA) is 59.8 Å². The molecule has 0 aliphatic rings. The maximum atomic E-state index is 14.8. The molecule has 5 nitrogen and oxygen atoms in total. The predicted octanol–water partition coefficient (Wildman–Crippen LogP) is 7.75. The van der Waals surface area contributed by atoms with Crippen molar-refractivity contribution < 1.29 is 13.6 Å².